The second kappa shape index (κ2) is 7.26. The second-order valence-electron chi connectivity index (χ2n) is 6.97. The van der Waals surface area contributed by atoms with Crippen LogP contribution in [0.25, 0.3) is 0 Å². The molecular formula is C18H29BrN2. The van der Waals surface area contributed by atoms with E-state index in [9.17, 15) is 0 Å². The number of rotatable bonds is 5. The normalized spacial score (nSPS) is 27.8. The molecule has 2 nitrogen and oxygen atoms in total. The SMILES string of the molecule is CC1CCCC(CNC(C)c2ccc(Br)cc2)(N(C)C)C1. The third kappa shape index (κ3) is 4.30. The molecule has 1 aromatic rings. The molecule has 0 amide bonds. The lowest BCUT2D eigenvalue weighted by Crippen LogP contribution is -2.54. The van der Waals surface area contributed by atoms with Crippen molar-refractivity contribution in [1.29, 1.82) is 0 Å². The fourth-order valence-electron chi connectivity index (χ4n) is 3.57. The Labute approximate surface area is 138 Å². The van der Waals surface area contributed by atoms with E-state index in [-0.39, 0.29) is 0 Å². The first kappa shape index (κ1) is 17.0. The van der Waals surface area contributed by atoms with Crippen LogP contribution < -0.4 is 5.32 Å². The Balaban J connectivity index is 2.00. The Bertz CT molecular complexity index is 443. The van der Waals surface area contributed by atoms with Gasteiger partial charge in [0.05, 0.1) is 0 Å². The van der Waals surface area contributed by atoms with Gasteiger partial charge in [-0.2, -0.15) is 0 Å². The molecule has 118 valence electrons. The molecule has 0 spiro atoms. The third-order valence-electron chi connectivity index (χ3n) is 5.12. The van der Waals surface area contributed by atoms with Crippen LogP contribution in [-0.4, -0.2) is 31.1 Å². The highest BCUT2D eigenvalue weighted by atomic mass is 79.9. The van der Waals surface area contributed by atoms with Crippen LogP contribution in [0.3, 0.4) is 0 Å². The van der Waals surface area contributed by atoms with E-state index in [0.717, 1.165) is 16.9 Å². The van der Waals surface area contributed by atoms with Crippen molar-refractivity contribution in [3.8, 4) is 0 Å². The summed E-state index contributed by atoms with van der Waals surface area (Å²) in [4.78, 5) is 2.45. The van der Waals surface area contributed by atoms with Gasteiger partial charge in [-0.05, 0) is 57.5 Å². The number of likely N-dealkylation sites (N-methyl/N-ethyl adjacent to an activating group) is 1. The summed E-state index contributed by atoms with van der Waals surface area (Å²) < 4.78 is 1.14. The van der Waals surface area contributed by atoms with Gasteiger partial charge in [0.25, 0.3) is 0 Å². The monoisotopic (exact) mass is 352 g/mol. The summed E-state index contributed by atoms with van der Waals surface area (Å²) in [7, 11) is 4.48. The van der Waals surface area contributed by atoms with Crippen molar-refractivity contribution in [2.45, 2.75) is 51.1 Å². The van der Waals surface area contributed by atoms with E-state index in [1.165, 1.54) is 31.2 Å². The van der Waals surface area contributed by atoms with Crippen LogP contribution in [-0.2, 0) is 0 Å². The molecule has 3 heteroatoms. The molecule has 1 aromatic carbocycles. The Morgan fingerprint density at radius 1 is 1.33 bits per heavy atom. The minimum Gasteiger partial charge on any atom is -0.308 e. The number of benzene rings is 1. The molecular weight excluding hydrogens is 324 g/mol. The van der Waals surface area contributed by atoms with E-state index in [1.807, 2.05) is 0 Å². The molecule has 3 unspecified atom stereocenters. The molecule has 3 atom stereocenters. The van der Waals surface area contributed by atoms with E-state index in [0.29, 0.717) is 11.6 Å². The number of nitrogens with one attached hydrogen (secondary N) is 1. The lowest BCUT2D eigenvalue weighted by atomic mass is 9.75. The maximum Gasteiger partial charge on any atom is 0.0330 e. The van der Waals surface area contributed by atoms with Crippen LogP contribution in [0.2, 0.25) is 0 Å². The van der Waals surface area contributed by atoms with Gasteiger partial charge in [0.1, 0.15) is 0 Å². The quantitative estimate of drug-likeness (QED) is 0.832. The number of nitrogens with zero attached hydrogens (tertiary/aromatic N) is 1. The highest BCUT2D eigenvalue weighted by molar-refractivity contribution is 9.10. The Morgan fingerprint density at radius 3 is 2.57 bits per heavy atom. The van der Waals surface area contributed by atoms with Gasteiger partial charge in [-0.1, -0.05) is 47.8 Å². The van der Waals surface area contributed by atoms with Crippen molar-refractivity contribution < 1.29 is 0 Å². The van der Waals surface area contributed by atoms with Crippen molar-refractivity contribution in [3.63, 3.8) is 0 Å². The fourth-order valence-corrected chi connectivity index (χ4v) is 3.83. The van der Waals surface area contributed by atoms with Gasteiger partial charge in [-0.15, -0.1) is 0 Å². The maximum absolute atomic E-state index is 3.77. The van der Waals surface area contributed by atoms with Crippen molar-refractivity contribution in [1.82, 2.24) is 10.2 Å². The first-order chi connectivity index (χ1) is 9.93. The average molecular weight is 353 g/mol. The zero-order chi connectivity index (χ0) is 15.5. The molecule has 0 saturated heterocycles. The molecule has 2 rings (SSSR count). The standard InChI is InChI=1S/C18H29BrN2/c1-14-6-5-11-18(12-14,21(3)4)13-20-15(2)16-7-9-17(19)10-8-16/h7-10,14-15,20H,5-6,11-13H2,1-4H3. The molecule has 1 N–H and O–H groups in total. The van der Waals surface area contributed by atoms with Crippen LogP contribution >= 0.6 is 15.9 Å². The Morgan fingerprint density at radius 2 is 2.00 bits per heavy atom. The highest BCUT2D eigenvalue weighted by Crippen LogP contribution is 2.35. The molecule has 0 radical (unpaired) electrons. The van der Waals surface area contributed by atoms with Gasteiger partial charge in [0.2, 0.25) is 0 Å². The topological polar surface area (TPSA) is 15.3 Å². The first-order valence-corrected chi connectivity index (χ1v) is 8.88. The van der Waals surface area contributed by atoms with E-state index in [2.05, 4.69) is 78.4 Å². The predicted molar refractivity (Wildman–Crippen MR) is 94.6 cm³/mol. The third-order valence-corrected chi connectivity index (χ3v) is 5.65. The molecule has 1 aliphatic carbocycles. The van der Waals surface area contributed by atoms with Crippen molar-refractivity contribution >= 4 is 15.9 Å². The van der Waals surface area contributed by atoms with Crippen molar-refractivity contribution in [2.24, 2.45) is 5.92 Å². The Hall–Kier alpha value is -0.380. The number of hydrogen-bond acceptors (Lipinski definition) is 2. The fraction of sp³-hybridized carbons (Fsp3) is 0.667. The molecule has 0 heterocycles. The Kier molecular flexibility index (Phi) is 5.87. The second-order valence-corrected chi connectivity index (χ2v) is 7.89. The van der Waals surface area contributed by atoms with E-state index in [1.54, 1.807) is 0 Å². The minimum atomic E-state index is 0.321. The molecule has 1 saturated carbocycles. The number of halogens is 1. The molecule has 0 bridgehead atoms. The van der Waals surface area contributed by atoms with Gasteiger partial charge in [-0.3, -0.25) is 0 Å². The minimum absolute atomic E-state index is 0.321. The van der Waals surface area contributed by atoms with Gasteiger partial charge >= 0.3 is 0 Å². The summed E-state index contributed by atoms with van der Waals surface area (Å²) >= 11 is 3.50. The lowest BCUT2D eigenvalue weighted by molar-refractivity contribution is 0.0728. The molecule has 0 aliphatic heterocycles. The molecule has 21 heavy (non-hydrogen) atoms. The average Bonchev–Trinajstić information content (AvgIpc) is 2.45. The zero-order valence-electron chi connectivity index (χ0n) is 13.8. The van der Waals surface area contributed by atoms with Gasteiger partial charge in [0.15, 0.2) is 0 Å². The van der Waals surface area contributed by atoms with Crippen LogP contribution in [0.4, 0.5) is 0 Å². The first-order valence-electron chi connectivity index (χ1n) is 8.09. The summed E-state index contributed by atoms with van der Waals surface area (Å²) in [6, 6.07) is 9.05. The summed E-state index contributed by atoms with van der Waals surface area (Å²) in [5, 5.41) is 3.77. The summed E-state index contributed by atoms with van der Waals surface area (Å²) in [5.41, 5.74) is 1.68. The van der Waals surface area contributed by atoms with Crippen LogP contribution in [0.5, 0.6) is 0 Å². The summed E-state index contributed by atoms with van der Waals surface area (Å²) in [5.74, 6) is 0.839. The number of hydrogen-bond donors (Lipinski definition) is 1. The smallest absolute Gasteiger partial charge is 0.0330 e. The molecule has 1 fully saturated rings. The van der Waals surface area contributed by atoms with Crippen LogP contribution in [0, 0.1) is 5.92 Å². The zero-order valence-corrected chi connectivity index (χ0v) is 15.4. The van der Waals surface area contributed by atoms with E-state index < -0.39 is 0 Å². The van der Waals surface area contributed by atoms with Crippen LogP contribution in [0.1, 0.15) is 51.1 Å². The van der Waals surface area contributed by atoms with E-state index in [4.69, 9.17) is 0 Å². The highest BCUT2D eigenvalue weighted by Gasteiger charge is 2.36. The largest absolute Gasteiger partial charge is 0.308 e. The van der Waals surface area contributed by atoms with Gasteiger partial charge in [-0.25, -0.2) is 0 Å². The van der Waals surface area contributed by atoms with Gasteiger partial charge in [0, 0.05) is 22.6 Å². The van der Waals surface area contributed by atoms with Gasteiger partial charge < -0.3 is 10.2 Å². The summed E-state index contributed by atoms with van der Waals surface area (Å²) in [6.45, 7) is 5.73. The van der Waals surface area contributed by atoms with Crippen LogP contribution in [0.15, 0.2) is 28.7 Å². The molecule has 1 aliphatic rings. The maximum atomic E-state index is 3.77. The summed E-state index contributed by atoms with van der Waals surface area (Å²) in [6.07, 6.45) is 5.36. The molecule has 0 aromatic heterocycles. The van der Waals surface area contributed by atoms with Crippen molar-refractivity contribution in [2.75, 3.05) is 20.6 Å². The van der Waals surface area contributed by atoms with Crippen molar-refractivity contribution in [3.05, 3.63) is 34.3 Å². The van der Waals surface area contributed by atoms with E-state index >= 15 is 0 Å². The lowest BCUT2D eigenvalue weighted by Gasteiger charge is -2.46. The predicted octanol–water partition coefficient (Wildman–Crippen LogP) is 4.61.